The molecular formula is C17H22BrNO4. The molecule has 3 rings (SSSR count). The van der Waals surface area contributed by atoms with E-state index in [-0.39, 0.29) is 18.1 Å². The molecule has 2 atom stereocenters. The van der Waals surface area contributed by atoms with Crippen LogP contribution in [0.15, 0.2) is 16.6 Å². The van der Waals surface area contributed by atoms with Crippen LogP contribution in [0.5, 0.6) is 11.5 Å². The molecule has 1 aromatic rings. The summed E-state index contributed by atoms with van der Waals surface area (Å²) >= 11 is 3.60. The fourth-order valence-corrected chi connectivity index (χ4v) is 4.07. The largest absolute Gasteiger partial charge is 0.493 e. The lowest BCUT2D eigenvalue weighted by Crippen LogP contribution is -2.19. The first-order valence-electron chi connectivity index (χ1n) is 8.09. The molecule has 126 valence electrons. The van der Waals surface area contributed by atoms with Gasteiger partial charge in [0.1, 0.15) is 0 Å². The minimum atomic E-state index is -0.753. The van der Waals surface area contributed by atoms with E-state index in [9.17, 15) is 9.90 Å². The Balaban J connectivity index is 1.92. The van der Waals surface area contributed by atoms with Crippen LogP contribution in [-0.4, -0.2) is 30.8 Å². The monoisotopic (exact) mass is 383 g/mol. The summed E-state index contributed by atoms with van der Waals surface area (Å²) in [6.45, 7) is 0.479. The zero-order valence-electron chi connectivity index (χ0n) is 13.2. The van der Waals surface area contributed by atoms with Crippen molar-refractivity contribution in [1.29, 1.82) is 0 Å². The fourth-order valence-electron chi connectivity index (χ4n) is 3.48. The lowest BCUT2D eigenvalue weighted by molar-refractivity contribution is -0.141. The van der Waals surface area contributed by atoms with E-state index in [0.717, 1.165) is 28.6 Å². The van der Waals surface area contributed by atoms with Crippen molar-refractivity contribution < 1.29 is 19.4 Å². The molecule has 1 heterocycles. The average Bonchev–Trinajstić information content (AvgIpc) is 3.19. The number of ether oxygens (including phenoxy) is 2. The highest BCUT2D eigenvalue weighted by Gasteiger charge is 2.34. The van der Waals surface area contributed by atoms with Crippen LogP contribution in [0.2, 0.25) is 0 Å². The van der Waals surface area contributed by atoms with Crippen molar-refractivity contribution in [3.63, 3.8) is 0 Å². The van der Waals surface area contributed by atoms with Gasteiger partial charge in [-0.05, 0) is 44.2 Å². The highest BCUT2D eigenvalue weighted by Crippen LogP contribution is 2.44. The number of carbonyl (C=O) groups is 1. The van der Waals surface area contributed by atoms with Crippen molar-refractivity contribution in [2.75, 3.05) is 13.7 Å². The van der Waals surface area contributed by atoms with Gasteiger partial charge in [0, 0.05) is 22.6 Å². The minimum Gasteiger partial charge on any atom is -0.493 e. The molecule has 0 amide bonds. The van der Waals surface area contributed by atoms with Crippen molar-refractivity contribution in [3.8, 4) is 11.5 Å². The van der Waals surface area contributed by atoms with Gasteiger partial charge in [-0.1, -0.05) is 15.9 Å². The highest BCUT2D eigenvalue weighted by atomic mass is 79.9. The van der Waals surface area contributed by atoms with E-state index >= 15 is 0 Å². The maximum atomic E-state index is 11.2. The van der Waals surface area contributed by atoms with Crippen molar-refractivity contribution in [1.82, 2.24) is 5.32 Å². The van der Waals surface area contributed by atoms with Gasteiger partial charge < -0.3 is 19.9 Å². The Labute approximate surface area is 144 Å². The van der Waals surface area contributed by atoms with Crippen LogP contribution in [0, 0.1) is 5.92 Å². The molecule has 1 saturated carbocycles. The molecule has 2 N–H and O–H groups in total. The van der Waals surface area contributed by atoms with Crippen LogP contribution in [0.25, 0.3) is 0 Å². The van der Waals surface area contributed by atoms with Gasteiger partial charge in [0.2, 0.25) is 0 Å². The normalized spacial score (nSPS) is 24.8. The number of hydrogen-bond donors (Lipinski definition) is 2. The van der Waals surface area contributed by atoms with Gasteiger partial charge in [-0.3, -0.25) is 4.79 Å². The maximum absolute atomic E-state index is 11.2. The number of nitrogens with one attached hydrogen (secondary N) is 1. The SMILES string of the molecule is COc1ccc(Br)c(C2CC(C(=O)O)CN2)c1OC1CCCC1. The zero-order valence-corrected chi connectivity index (χ0v) is 14.8. The Kier molecular flexibility index (Phi) is 5.11. The molecule has 0 spiro atoms. The van der Waals surface area contributed by atoms with Crippen LogP contribution >= 0.6 is 15.9 Å². The summed E-state index contributed by atoms with van der Waals surface area (Å²) in [5.41, 5.74) is 0.972. The quantitative estimate of drug-likeness (QED) is 0.813. The molecule has 0 aromatic heterocycles. The first-order valence-corrected chi connectivity index (χ1v) is 8.88. The number of benzene rings is 1. The second-order valence-electron chi connectivity index (χ2n) is 6.25. The molecule has 0 bridgehead atoms. The number of carboxylic acid groups (broad SMARTS) is 1. The Hall–Kier alpha value is -1.27. The summed E-state index contributed by atoms with van der Waals surface area (Å²) in [5, 5.41) is 12.6. The molecule has 2 unspecified atom stereocenters. The van der Waals surface area contributed by atoms with Crippen LogP contribution in [0.1, 0.15) is 43.7 Å². The van der Waals surface area contributed by atoms with E-state index in [1.165, 1.54) is 12.8 Å². The fraction of sp³-hybridized carbons (Fsp3) is 0.588. The first kappa shape index (κ1) is 16.6. The van der Waals surface area contributed by atoms with Crippen molar-refractivity contribution >= 4 is 21.9 Å². The van der Waals surface area contributed by atoms with E-state index < -0.39 is 5.97 Å². The van der Waals surface area contributed by atoms with Crippen LogP contribution in [0.4, 0.5) is 0 Å². The number of hydrogen-bond acceptors (Lipinski definition) is 4. The zero-order chi connectivity index (χ0) is 16.4. The van der Waals surface area contributed by atoms with Crippen molar-refractivity contribution in [2.24, 2.45) is 5.92 Å². The molecule has 1 aliphatic heterocycles. The molecule has 6 heteroatoms. The second-order valence-corrected chi connectivity index (χ2v) is 7.10. The van der Waals surface area contributed by atoms with Crippen LogP contribution < -0.4 is 14.8 Å². The highest BCUT2D eigenvalue weighted by molar-refractivity contribution is 9.10. The summed E-state index contributed by atoms with van der Waals surface area (Å²) in [7, 11) is 1.64. The third-order valence-electron chi connectivity index (χ3n) is 4.74. The predicted octanol–water partition coefficient (Wildman–Crippen LogP) is 3.51. The Bertz CT molecular complexity index is 586. The van der Waals surface area contributed by atoms with Crippen molar-refractivity contribution in [2.45, 2.75) is 44.2 Å². The van der Waals surface area contributed by atoms with Gasteiger partial charge in [0.15, 0.2) is 11.5 Å². The van der Waals surface area contributed by atoms with E-state index in [4.69, 9.17) is 9.47 Å². The van der Waals surface area contributed by atoms with E-state index in [1.807, 2.05) is 12.1 Å². The number of carboxylic acids is 1. The van der Waals surface area contributed by atoms with Gasteiger partial charge >= 0.3 is 5.97 Å². The summed E-state index contributed by atoms with van der Waals surface area (Å²) in [6.07, 6.45) is 5.28. The third-order valence-corrected chi connectivity index (χ3v) is 5.43. The third kappa shape index (κ3) is 3.48. The molecular weight excluding hydrogens is 362 g/mol. The van der Waals surface area contributed by atoms with Gasteiger partial charge in [-0.2, -0.15) is 0 Å². The standard InChI is InChI=1S/C17H22BrNO4/c1-22-14-7-6-12(18)15(13-8-10(9-19-13)17(20)21)16(14)23-11-4-2-3-5-11/h6-7,10-11,13,19H,2-5,8-9H2,1H3,(H,20,21). The van der Waals surface area contributed by atoms with Gasteiger partial charge in [-0.15, -0.1) is 0 Å². The van der Waals surface area contributed by atoms with E-state index in [1.54, 1.807) is 7.11 Å². The molecule has 5 nitrogen and oxygen atoms in total. The van der Waals surface area contributed by atoms with Crippen molar-refractivity contribution in [3.05, 3.63) is 22.2 Å². The molecule has 1 aliphatic carbocycles. The molecule has 1 saturated heterocycles. The van der Waals surface area contributed by atoms with Crippen LogP contribution in [0.3, 0.4) is 0 Å². The number of aliphatic carboxylic acids is 1. The van der Waals surface area contributed by atoms with Crippen LogP contribution in [-0.2, 0) is 4.79 Å². The molecule has 2 aliphatic rings. The Morgan fingerprint density at radius 3 is 2.70 bits per heavy atom. The van der Waals surface area contributed by atoms with Gasteiger partial charge in [-0.25, -0.2) is 0 Å². The summed E-state index contributed by atoms with van der Waals surface area (Å²) in [4.78, 5) is 11.2. The Morgan fingerprint density at radius 2 is 2.09 bits per heavy atom. The summed E-state index contributed by atoms with van der Waals surface area (Å²) in [5.74, 6) is 0.336. The smallest absolute Gasteiger partial charge is 0.307 e. The summed E-state index contributed by atoms with van der Waals surface area (Å²) in [6, 6.07) is 3.78. The predicted molar refractivity (Wildman–Crippen MR) is 90.1 cm³/mol. The number of halogens is 1. The van der Waals surface area contributed by atoms with E-state index in [0.29, 0.717) is 18.7 Å². The second kappa shape index (κ2) is 7.09. The maximum Gasteiger partial charge on any atom is 0.307 e. The molecule has 2 fully saturated rings. The summed E-state index contributed by atoms with van der Waals surface area (Å²) < 4.78 is 12.7. The lowest BCUT2D eigenvalue weighted by Gasteiger charge is -2.23. The van der Waals surface area contributed by atoms with Gasteiger partial charge in [0.05, 0.1) is 19.1 Å². The minimum absolute atomic E-state index is 0.0445. The average molecular weight is 384 g/mol. The number of methoxy groups -OCH3 is 1. The molecule has 23 heavy (non-hydrogen) atoms. The van der Waals surface area contributed by atoms with E-state index in [2.05, 4.69) is 21.2 Å². The Morgan fingerprint density at radius 1 is 1.35 bits per heavy atom. The molecule has 1 aromatic carbocycles. The molecule has 0 radical (unpaired) electrons. The first-order chi connectivity index (χ1) is 11.1. The number of rotatable bonds is 5. The van der Waals surface area contributed by atoms with Gasteiger partial charge in [0.25, 0.3) is 0 Å². The topological polar surface area (TPSA) is 67.8 Å². The lowest BCUT2D eigenvalue weighted by atomic mass is 9.99.